The number of nitrogens with one attached hydrogen (secondary N) is 1. The fraction of sp³-hybridized carbons (Fsp3) is 0.727. The fourth-order valence-corrected chi connectivity index (χ4v) is 2.50. The van der Waals surface area contributed by atoms with E-state index >= 15 is 0 Å². The van der Waals surface area contributed by atoms with Gasteiger partial charge >= 0.3 is 0 Å². The zero-order chi connectivity index (χ0) is 11.1. The largest absolute Gasteiger partial charge is 0.316 e. The predicted molar refractivity (Wildman–Crippen MR) is 67.4 cm³/mol. The van der Waals surface area contributed by atoms with Crippen LogP contribution in [0.25, 0.3) is 0 Å². The predicted octanol–water partition coefficient (Wildman–Crippen LogP) is 1.69. The molecule has 0 aliphatic heterocycles. The van der Waals surface area contributed by atoms with E-state index in [1.54, 1.807) is 0 Å². The van der Waals surface area contributed by atoms with Gasteiger partial charge in [-0.15, -0.1) is 0 Å². The lowest BCUT2D eigenvalue weighted by molar-refractivity contribution is 0.616. The molecule has 1 N–H and O–H groups in total. The molecule has 15 heavy (non-hydrogen) atoms. The Hall–Kier alpha value is -0.480. The fourth-order valence-electron chi connectivity index (χ4n) is 1.48. The molecule has 0 saturated carbocycles. The van der Waals surface area contributed by atoms with E-state index in [1.807, 2.05) is 36.7 Å². The first kappa shape index (κ1) is 12.6. The zero-order valence-corrected chi connectivity index (χ0v) is 10.7. The molecule has 1 aromatic rings. The van der Waals surface area contributed by atoms with Crippen LogP contribution in [0.3, 0.4) is 0 Å². The van der Waals surface area contributed by atoms with Crippen LogP contribution in [0.2, 0.25) is 0 Å². The minimum atomic E-state index is 0.561. The molecule has 0 amide bonds. The van der Waals surface area contributed by atoms with E-state index in [4.69, 9.17) is 0 Å². The Balaban J connectivity index is 2.33. The van der Waals surface area contributed by atoms with Crippen molar-refractivity contribution < 1.29 is 0 Å². The van der Waals surface area contributed by atoms with Crippen molar-refractivity contribution in [3.05, 3.63) is 18.0 Å². The second-order valence-corrected chi connectivity index (χ2v) is 4.94. The Morgan fingerprint density at radius 2 is 2.40 bits per heavy atom. The molecule has 4 heteroatoms. The third-order valence-electron chi connectivity index (χ3n) is 2.32. The number of hydrogen-bond donors (Lipinski definition) is 1. The summed E-state index contributed by atoms with van der Waals surface area (Å²) in [6.45, 7) is 2.22. The average Bonchev–Trinajstić information content (AvgIpc) is 2.63. The van der Waals surface area contributed by atoms with Crippen LogP contribution in [0.5, 0.6) is 0 Å². The molecular formula is C11H21N3S. The zero-order valence-electron chi connectivity index (χ0n) is 9.86. The van der Waals surface area contributed by atoms with Crippen LogP contribution < -0.4 is 5.32 Å². The van der Waals surface area contributed by atoms with Crippen LogP contribution >= 0.6 is 11.8 Å². The number of aromatic nitrogens is 2. The first-order valence-electron chi connectivity index (χ1n) is 5.48. The summed E-state index contributed by atoms with van der Waals surface area (Å²) in [6, 6.07) is 0.561. The molecule has 0 fully saturated rings. The molecule has 3 nitrogen and oxygen atoms in total. The molecule has 1 atom stereocenters. The monoisotopic (exact) mass is 227 g/mol. The Bertz CT molecular complexity index is 273. The highest BCUT2D eigenvalue weighted by molar-refractivity contribution is 7.99. The highest BCUT2D eigenvalue weighted by Gasteiger charge is 2.08. The van der Waals surface area contributed by atoms with E-state index in [1.165, 1.54) is 23.5 Å². The maximum Gasteiger partial charge on any atom is 0.0522 e. The van der Waals surface area contributed by atoms with E-state index in [2.05, 4.69) is 23.5 Å². The third-order valence-corrected chi connectivity index (χ3v) is 3.65. The molecular weight excluding hydrogens is 206 g/mol. The van der Waals surface area contributed by atoms with E-state index in [0.717, 1.165) is 6.42 Å². The van der Waals surface area contributed by atoms with Crippen LogP contribution in [0.15, 0.2) is 12.4 Å². The summed E-state index contributed by atoms with van der Waals surface area (Å²) in [5, 5.41) is 7.54. The van der Waals surface area contributed by atoms with Gasteiger partial charge in [0.05, 0.1) is 6.20 Å². The maximum atomic E-state index is 4.18. The lowest BCUT2D eigenvalue weighted by Gasteiger charge is -2.14. The number of aryl methyl sites for hydroxylation is 1. The van der Waals surface area contributed by atoms with Crippen molar-refractivity contribution in [2.24, 2.45) is 7.05 Å². The Labute approximate surface area is 96.6 Å². The van der Waals surface area contributed by atoms with Gasteiger partial charge in [0, 0.05) is 25.0 Å². The summed E-state index contributed by atoms with van der Waals surface area (Å²) in [5.74, 6) is 2.43. The number of rotatable bonds is 7. The van der Waals surface area contributed by atoms with Gasteiger partial charge in [-0.1, -0.05) is 6.92 Å². The van der Waals surface area contributed by atoms with Crippen LogP contribution in [0.4, 0.5) is 0 Å². The SMILES string of the molecule is CCCSCC(Cc1cnn(C)c1)NC. The summed E-state index contributed by atoms with van der Waals surface area (Å²) >= 11 is 2.02. The molecule has 0 saturated heterocycles. The number of nitrogens with zero attached hydrogens (tertiary/aromatic N) is 2. The molecule has 0 aromatic carbocycles. The Morgan fingerprint density at radius 1 is 1.60 bits per heavy atom. The summed E-state index contributed by atoms with van der Waals surface area (Å²) in [5.41, 5.74) is 1.31. The number of hydrogen-bond acceptors (Lipinski definition) is 3. The van der Waals surface area contributed by atoms with Gasteiger partial charge in [0.2, 0.25) is 0 Å². The molecule has 0 aliphatic rings. The minimum absolute atomic E-state index is 0.561. The molecule has 0 aliphatic carbocycles. The normalized spacial score (nSPS) is 13.0. The molecule has 1 unspecified atom stereocenters. The molecule has 1 aromatic heterocycles. The standard InChI is InChI=1S/C11H21N3S/c1-4-5-15-9-11(12-2)6-10-7-13-14(3)8-10/h7-8,11-12H,4-6,9H2,1-3H3. The van der Waals surface area contributed by atoms with Crippen LogP contribution in [-0.4, -0.2) is 34.4 Å². The van der Waals surface area contributed by atoms with E-state index in [0.29, 0.717) is 6.04 Å². The summed E-state index contributed by atoms with van der Waals surface area (Å²) in [6.07, 6.45) is 6.37. The van der Waals surface area contributed by atoms with E-state index in [9.17, 15) is 0 Å². The quantitative estimate of drug-likeness (QED) is 0.719. The van der Waals surface area contributed by atoms with Crippen LogP contribution in [0.1, 0.15) is 18.9 Å². The summed E-state index contributed by atoms with van der Waals surface area (Å²) < 4.78 is 1.86. The molecule has 0 spiro atoms. The third kappa shape index (κ3) is 4.71. The maximum absolute atomic E-state index is 4.18. The summed E-state index contributed by atoms with van der Waals surface area (Å²) in [7, 11) is 4.00. The van der Waals surface area contributed by atoms with Crippen molar-refractivity contribution in [3.8, 4) is 0 Å². The highest BCUT2D eigenvalue weighted by atomic mass is 32.2. The molecule has 86 valence electrons. The first-order valence-corrected chi connectivity index (χ1v) is 6.64. The van der Waals surface area contributed by atoms with Crippen molar-refractivity contribution in [2.45, 2.75) is 25.8 Å². The summed E-state index contributed by atoms with van der Waals surface area (Å²) in [4.78, 5) is 0. The second-order valence-electron chi connectivity index (χ2n) is 3.79. The highest BCUT2D eigenvalue weighted by Crippen LogP contribution is 2.09. The minimum Gasteiger partial charge on any atom is -0.316 e. The van der Waals surface area contributed by atoms with E-state index < -0.39 is 0 Å². The lowest BCUT2D eigenvalue weighted by atomic mass is 10.1. The molecule has 0 radical (unpaired) electrons. The molecule has 0 bridgehead atoms. The van der Waals surface area contributed by atoms with Gasteiger partial charge < -0.3 is 5.32 Å². The Morgan fingerprint density at radius 3 is 2.93 bits per heavy atom. The van der Waals surface area contributed by atoms with Crippen molar-refractivity contribution in [3.63, 3.8) is 0 Å². The lowest BCUT2D eigenvalue weighted by Crippen LogP contribution is -2.30. The topological polar surface area (TPSA) is 29.9 Å². The van der Waals surface area contributed by atoms with Gasteiger partial charge in [0.15, 0.2) is 0 Å². The molecule has 1 heterocycles. The van der Waals surface area contributed by atoms with Crippen molar-refractivity contribution >= 4 is 11.8 Å². The van der Waals surface area contributed by atoms with Crippen molar-refractivity contribution in [1.82, 2.24) is 15.1 Å². The van der Waals surface area contributed by atoms with Crippen molar-refractivity contribution in [2.75, 3.05) is 18.6 Å². The van der Waals surface area contributed by atoms with Gasteiger partial charge in [0.25, 0.3) is 0 Å². The average molecular weight is 227 g/mol. The van der Waals surface area contributed by atoms with Crippen molar-refractivity contribution in [1.29, 1.82) is 0 Å². The smallest absolute Gasteiger partial charge is 0.0522 e. The van der Waals surface area contributed by atoms with Gasteiger partial charge in [-0.2, -0.15) is 16.9 Å². The van der Waals surface area contributed by atoms with Gasteiger partial charge in [-0.05, 0) is 31.2 Å². The van der Waals surface area contributed by atoms with Gasteiger partial charge in [-0.3, -0.25) is 4.68 Å². The van der Waals surface area contributed by atoms with Crippen LogP contribution in [0, 0.1) is 0 Å². The second kappa shape index (κ2) is 6.90. The van der Waals surface area contributed by atoms with Gasteiger partial charge in [-0.25, -0.2) is 0 Å². The number of likely N-dealkylation sites (N-methyl/N-ethyl adjacent to an activating group) is 1. The molecule has 1 rings (SSSR count). The van der Waals surface area contributed by atoms with E-state index in [-0.39, 0.29) is 0 Å². The number of thioether (sulfide) groups is 1. The van der Waals surface area contributed by atoms with Gasteiger partial charge in [0.1, 0.15) is 0 Å². The van der Waals surface area contributed by atoms with Crippen LogP contribution in [-0.2, 0) is 13.5 Å². The first-order chi connectivity index (χ1) is 7.26. The Kier molecular flexibility index (Phi) is 5.79.